The molecule has 88 valence electrons. The summed E-state index contributed by atoms with van der Waals surface area (Å²) in [5, 5.41) is 4.31. The van der Waals surface area contributed by atoms with Crippen LogP contribution in [0.1, 0.15) is 28.8 Å². The van der Waals surface area contributed by atoms with Gasteiger partial charge in [-0.3, -0.25) is 9.48 Å². The minimum Gasteiger partial charge on any atom is -0.292 e. The molecule has 0 aliphatic carbocycles. The minimum absolute atomic E-state index is 0.0157. The molecule has 0 fully saturated rings. The molecule has 0 unspecified atom stereocenters. The Morgan fingerprint density at radius 3 is 2.88 bits per heavy atom. The molecular formula is C12H14N4O. The first-order valence-electron chi connectivity index (χ1n) is 5.51. The van der Waals surface area contributed by atoms with Crippen molar-refractivity contribution in [2.45, 2.75) is 19.8 Å². The van der Waals surface area contributed by atoms with Gasteiger partial charge >= 0.3 is 0 Å². The van der Waals surface area contributed by atoms with Gasteiger partial charge in [0.1, 0.15) is 12.0 Å². The van der Waals surface area contributed by atoms with Gasteiger partial charge in [-0.2, -0.15) is 5.10 Å². The van der Waals surface area contributed by atoms with Crippen molar-refractivity contribution < 1.29 is 4.79 Å². The highest BCUT2D eigenvalue weighted by Crippen LogP contribution is 2.07. The first-order chi connectivity index (χ1) is 8.20. The highest BCUT2D eigenvalue weighted by Gasteiger charge is 2.12. The molecule has 0 aliphatic heterocycles. The van der Waals surface area contributed by atoms with Gasteiger partial charge in [0, 0.05) is 18.9 Å². The molecule has 0 bridgehead atoms. The summed E-state index contributed by atoms with van der Waals surface area (Å²) in [7, 11) is 1.85. The van der Waals surface area contributed by atoms with Crippen molar-refractivity contribution >= 4 is 5.78 Å². The zero-order chi connectivity index (χ0) is 12.3. The number of Topliss-reactive ketones (excluding diaryl/α,β-unsaturated/α-hetero) is 1. The lowest BCUT2D eigenvalue weighted by molar-refractivity contribution is 0.0986. The van der Waals surface area contributed by atoms with E-state index in [0.29, 0.717) is 12.1 Å². The summed E-state index contributed by atoms with van der Waals surface area (Å²) < 4.78 is 1.75. The molecule has 0 atom stereocenters. The third-order valence-corrected chi connectivity index (χ3v) is 2.60. The molecule has 0 aliphatic rings. The van der Waals surface area contributed by atoms with Crippen LogP contribution in [0.25, 0.3) is 0 Å². The average molecular weight is 230 g/mol. The predicted molar refractivity (Wildman–Crippen MR) is 62.7 cm³/mol. The maximum Gasteiger partial charge on any atom is 0.187 e. The third-order valence-electron chi connectivity index (χ3n) is 2.60. The zero-order valence-corrected chi connectivity index (χ0v) is 9.92. The van der Waals surface area contributed by atoms with Gasteiger partial charge in [-0.1, -0.05) is 6.92 Å². The first-order valence-corrected chi connectivity index (χ1v) is 5.51. The summed E-state index contributed by atoms with van der Waals surface area (Å²) >= 11 is 0. The molecule has 0 spiro atoms. The van der Waals surface area contributed by atoms with E-state index >= 15 is 0 Å². The minimum atomic E-state index is -0.0157. The van der Waals surface area contributed by atoms with Crippen molar-refractivity contribution in [3.8, 4) is 0 Å². The van der Waals surface area contributed by atoms with Gasteiger partial charge in [-0.05, 0) is 18.6 Å². The van der Waals surface area contributed by atoms with Gasteiger partial charge in [-0.25, -0.2) is 9.97 Å². The fourth-order valence-corrected chi connectivity index (χ4v) is 1.62. The van der Waals surface area contributed by atoms with Crippen molar-refractivity contribution in [1.82, 2.24) is 19.7 Å². The van der Waals surface area contributed by atoms with Crippen molar-refractivity contribution in [3.63, 3.8) is 0 Å². The van der Waals surface area contributed by atoms with Crippen LogP contribution in [0.5, 0.6) is 0 Å². The predicted octanol–water partition coefficient (Wildman–Crippen LogP) is 1.20. The lowest BCUT2D eigenvalue weighted by atomic mass is 10.1. The lowest BCUT2D eigenvalue weighted by Crippen LogP contribution is -2.09. The van der Waals surface area contributed by atoms with E-state index in [1.54, 1.807) is 16.9 Å². The Hall–Kier alpha value is -2.04. The SMILES string of the molecule is CCc1cc(CC(=O)c2ccncn2)n(C)n1. The van der Waals surface area contributed by atoms with Crippen LogP contribution in [0.4, 0.5) is 0 Å². The number of carbonyl (C=O) groups is 1. The van der Waals surface area contributed by atoms with Crippen molar-refractivity contribution in [2.24, 2.45) is 7.05 Å². The molecular weight excluding hydrogens is 216 g/mol. The fourth-order valence-electron chi connectivity index (χ4n) is 1.62. The monoisotopic (exact) mass is 230 g/mol. The van der Waals surface area contributed by atoms with E-state index in [1.807, 2.05) is 20.0 Å². The molecule has 2 aromatic heterocycles. The molecule has 0 saturated heterocycles. The summed E-state index contributed by atoms with van der Waals surface area (Å²) in [6.45, 7) is 2.04. The highest BCUT2D eigenvalue weighted by atomic mass is 16.1. The maximum absolute atomic E-state index is 11.9. The number of rotatable bonds is 4. The molecule has 0 aromatic carbocycles. The normalized spacial score (nSPS) is 10.5. The standard InChI is InChI=1S/C12H14N4O/c1-3-9-6-10(16(2)15-9)7-12(17)11-4-5-13-8-14-11/h4-6,8H,3,7H2,1-2H3. The highest BCUT2D eigenvalue weighted by molar-refractivity contribution is 5.95. The van der Waals surface area contributed by atoms with Crippen molar-refractivity contribution in [3.05, 3.63) is 41.7 Å². The number of hydrogen-bond acceptors (Lipinski definition) is 4. The number of nitrogens with zero attached hydrogens (tertiary/aromatic N) is 4. The molecule has 0 radical (unpaired) electrons. The molecule has 0 saturated carbocycles. The number of hydrogen-bond donors (Lipinski definition) is 0. The summed E-state index contributed by atoms with van der Waals surface area (Å²) in [4.78, 5) is 19.7. The Bertz CT molecular complexity index is 519. The molecule has 2 heterocycles. The van der Waals surface area contributed by atoms with E-state index in [2.05, 4.69) is 15.1 Å². The van der Waals surface area contributed by atoms with E-state index < -0.39 is 0 Å². The molecule has 2 aromatic rings. The van der Waals surface area contributed by atoms with Crippen LogP contribution in [-0.2, 0) is 19.9 Å². The molecule has 0 amide bonds. The van der Waals surface area contributed by atoms with E-state index in [0.717, 1.165) is 17.8 Å². The Morgan fingerprint density at radius 2 is 2.29 bits per heavy atom. The second-order valence-corrected chi connectivity index (χ2v) is 3.80. The summed E-state index contributed by atoms with van der Waals surface area (Å²) in [5.41, 5.74) is 2.35. The number of carbonyl (C=O) groups excluding carboxylic acids is 1. The Balaban J connectivity index is 2.16. The quantitative estimate of drug-likeness (QED) is 0.740. The first kappa shape index (κ1) is 11.4. The summed E-state index contributed by atoms with van der Waals surface area (Å²) in [6.07, 6.45) is 4.14. The summed E-state index contributed by atoms with van der Waals surface area (Å²) in [5.74, 6) is -0.0157. The van der Waals surface area contributed by atoms with Crippen LogP contribution in [0, 0.1) is 0 Å². The number of aryl methyl sites for hydroxylation is 2. The van der Waals surface area contributed by atoms with Gasteiger partial charge in [0.05, 0.1) is 12.1 Å². The zero-order valence-electron chi connectivity index (χ0n) is 9.92. The fraction of sp³-hybridized carbons (Fsp3) is 0.333. The van der Waals surface area contributed by atoms with Gasteiger partial charge < -0.3 is 0 Å². The van der Waals surface area contributed by atoms with Crippen LogP contribution in [0.2, 0.25) is 0 Å². The average Bonchev–Trinajstić information content (AvgIpc) is 2.71. The van der Waals surface area contributed by atoms with Gasteiger partial charge in [-0.15, -0.1) is 0 Å². The largest absolute Gasteiger partial charge is 0.292 e. The van der Waals surface area contributed by atoms with Crippen molar-refractivity contribution in [1.29, 1.82) is 0 Å². The second-order valence-electron chi connectivity index (χ2n) is 3.80. The Morgan fingerprint density at radius 1 is 1.47 bits per heavy atom. The Labute approximate surface area is 99.5 Å². The van der Waals surface area contributed by atoms with Crippen molar-refractivity contribution in [2.75, 3.05) is 0 Å². The van der Waals surface area contributed by atoms with Crippen LogP contribution in [0.3, 0.4) is 0 Å². The Kier molecular flexibility index (Phi) is 3.27. The van der Waals surface area contributed by atoms with E-state index in [-0.39, 0.29) is 5.78 Å². The van der Waals surface area contributed by atoms with Gasteiger partial charge in [0.25, 0.3) is 0 Å². The molecule has 17 heavy (non-hydrogen) atoms. The van der Waals surface area contributed by atoms with Crippen LogP contribution < -0.4 is 0 Å². The topological polar surface area (TPSA) is 60.7 Å². The third kappa shape index (κ3) is 2.55. The van der Waals surface area contributed by atoms with Gasteiger partial charge in [0.2, 0.25) is 0 Å². The molecule has 5 heteroatoms. The smallest absolute Gasteiger partial charge is 0.187 e. The molecule has 2 rings (SSSR count). The lowest BCUT2D eigenvalue weighted by Gasteiger charge is -2.00. The van der Waals surface area contributed by atoms with Crippen LogP contribution in [-0.4, -0.2) is 25.5 Å². The number of ketones is 1. The summed E-state index contributed by atoms with van der Waals surface area (Å²) in [6, 6.07) is 3.58. The van der Waals surface area contributed by atoms with E-state index in [9.17, 15) is 4.79 Å². The molecule has 0 N–H and O–H groups in total. The van der Waals surface area contributed by atoms with E-state index in [4.69, 9.17) is 0 Å². The van der Waals surface area contributed by atoms with Gasteiger partial charge in [0.15, 0.2) is 5.78 Å². The second kappa shape index (κ2) is 4.86. The molecule has 5 nitrogen and oxygen atoms in total. The van der Waals surface area contributed by atoms with Crippen LogP contribution in [0.15, 0.2) is 24.7 Å². The van der Waals surface area contributed by atoms with Crippen LogP contribution >= 0.6 is 0 Å². The maximum atomic E-state index is 11.9. The number of aromatic nitrogens is 4. The van der Waals surface area contributed by atoms with E-state index in [1.165, 1.54) is 6.33 Å².